The Morgan fingerprint density at radius 3 is 2.71 bits per heavy atom. The maximum absolute atomic E-state index is 4.47. The van der Waals surface area contributed by atoms with E-state index in [-0.39, 0.29) is 0 Å². The quantitative estimate of drug-likeness (QED) is 0.862. The lowest BCUT2D eigenvalue weighted by atomic mass is 10.2. The first-order chi connectivity index (χ1) is 8.20. The van der Waals surface area contributed by atoms with Crippen LogP contribution in [0.3, 0.4) is 0 Å². The van der Waals surface area contributed by atoms with Gasteiger partial charge in [0.15, 0.2) is 0 Å². The molecule has 2 rings (SSSR count). The summed E-state index contributed by atoms with van der Waals surface area (Å²) in [5.41, 5.74) is 1.10. The zero-order chi connectivity index (χ0) is 12.3. The molecule has 1 fully saturated rings. The first-order valence-electron chi connectivity index (χ1n) is 6.09. The predicted molar refractivity (Wildman–Crippen MR) is 75.0 cm³/mol. The molecule has 4 nitrogen and oxygen atoms in total. The van der Waals surface area contributed by atoms with Crippen molar-refractivity contribution in [2.75, 3.05) is 30.0 Å². The fourth-order valence-electron chi connectivity index (χ4n) is 2.06. The van der Waals surface area contributed by atoms with Crippen LogP contribution >= 0.6 is 11.8 Å². The van der Waals surface area contributed by atoms with Crippen LogP contribution < -0.4 is 10.6 Å². The zero-order valence-corrected chi connectivity index (χ0v) is 11.5. The Morgan fingerprint density at radius 1 is 1.29 bits per heavy atom. The summed E-state index contributed by atoms with van der Waals surface area (Å²) in [5, 5.41) is 7.31. The molecule has 0 radical (unpaired) electrons. The lowest BCUT2D eigenvalue weighted by molar-refractivity contribution is 0.801. The van der Waals surface area contributed by atoms with Crippen LogP contribution in [0.2, 0.25) is 0 Å². The molecule has 1 aliphatic rings. The summed E-state index contributed by atoms with van der Waals surface area (Å²) in [6, 6.07) is 0. The van der Waals surface area contributed by atoms with Gasteiger partial charge in [0.05, 0.1) is 0 Å². The van der Waals surface area contributed by atoms with E-state index in [1.807, 2.05) is 14.0 Å². The lowest BCUT2D eigenvalue weighted by Gasteiger charge is -2.15. The molecule has 0 bridgehead atoms. The van der Waals surface area contributed by atoms with Crippen molar-refractivity contribution >= 4 is 23.4 Å². The highest BCUT2D eigenvalue weighted by Crippen LogP contribution is 2.27. The smallest absolute Gasteiger partial charge is 0.134 e. The highest BCUT2D eigenvalue weighted by Gasteiger charge is 2.16. The van der Waals surface area contributed by atoms with Crippen LogP contribution in [-0.2, 0) is 0 Å². The van der Waals surface area contributed by atoms with Gasteiger partial charge in [-0.05, 0) is 32.4 Å². The molecule has 0 spiro atoms. The lowest BCUT2D eigenvalue weighted by Crippen LogP contribution is -2.16. The minimum absolute atomic E-state index is 0.739. The summed E-state index contributed by atoms with van der Waals surface area (Å²) in [7, 11) is 1.89. The van der Waals surface area contributed by atoms with Crippen LogP contribution in [0.1, 0.15) is 24.2 Å². The van der Waals surface area contributed by atoms with Crippen LogP contribution in [0.25, 0.3) is 0 Å². The molecule has 1 aromatic heterocycles. The van der Waals surface area contributed by atoms with Crippen LogP contribution in [0.4, 0.5) is 11.6 Å². The Bertz CT molecular complexity index is 388. The van der Waals surface area contributed by atoms with Gasteiger partial charge < -0.3 is 10.6 Å². The summed E-state index contributed by atoms with van der Waals surface area (Å²) >= 11 is 2.06. The van der Waals surface area contributed by atoms with E-state index >= 15 is 0 Å². The molecule has 0 amide bonds. The summed E-state index contributed by atoms with van der Waals surface area (Å²) < 4.78 is 0. The normalized spacial score (nSPS) is 19.4. The topological polar surface area (TPSA) is 49.8 Å². The Hall–Kier alpha value is -0.970. The molecule has 1 unspecified atom stereocenters. The van der Waals surface area contributed by atoms with Crippen molar-refractivity contribution in [2.24, 2.45) is 0 Å². The van der Waals surface area contributed by atoms with E-state index in [1.165, 1.54) is 18.6 Å². The highest BCUT2D eigenvalue weighted by atomic mass is 32.2. The molecule has 1 aromatic rings. The minimum atomic E-state index is 0.739. The maximum Gasteiger partial charge on any atom is 0.134 e. The van der Waals surface area contributed by atoms with E-state index in [4.69, 9.17) is 0 Å². The fraction of sp³-hybridized carbons (Fsp3) is 0.667. The van der Waals surface area contributed by atoms with Gasteiger partial charge in [-0.2, -0.15) is 11.8 Å². The molecule has 1 atom stereocenters. The van der Waals surface area contributed by atoms with E-state index in [0.29, 0.717) is 0 Å². The average Bonchev–Trinajstić information content (AvgIpc) is 2.82. The molecule has 0 saturated carbocycles. The van der Waals surface area contributed by atoms with Crippen molar-refractivity contribution in [1.29, 1.82) is 0 Å². The molecule has 17 heavy (non-hydrogen) atoms. The number of thioether (sulfide) groups is 1. The predicted octanol–water partition coefficient (Wildman–Crippen LogP) is 2.44. The first kappa shape index (κ1) is 12.5. The fourth-order valence-corrected chi connectivity index (χ4v) is 3.26. The van der Waals surface area contributed by atoms with Crippen LogP contribution in [-0.4, -0.2) is 34.6 Å². The van der Waals surface area contributed by atoms with Crippen LogP contribution in [0.15, 0.2) is 0 Å². The molecule has 0 aromatic carbocycles. The molecule has 1 saturated heterocycles. The molecule has 0 aliphatic carbocycles. The van der Waals surface area contributed by atoms with Gasteiger partial charge in [-0.1, -0.05) is 0 Å². The second-order valence-corrected chi connectivity index (χ2v) is 5.77. The van der Waals surface area contributed by atoms with Gasteiger partial charge in [-0.25, -0.2) is 9.97 Å². The van der Waals surface area contributed by atoms with E-state index < -0.39 is 0 Å². The van der Waals surface area contributed by atoms with Crippen molar-refractivity contribution in [1.82, 2.24) is 9.97 Å². The molecular weight excluding hydrogens is 232 g/mol. The van der Waals surface area contributed by atoms with Crippen molar-refractivity contribution in [3.63, 3.8) is 0 Å². The third-order valence-corrected chi connectivity index (χ3v) is 4.41. The Kier molecular flexibility index (Phi) is 4.10. The average molecular weight is 252 g/mol. The number of nitrogens with one attached hydrogen (secondary N) is 2. The van der Waals surface area contributed by atoms with Gasteiger partial charge >= 0.3 is 0 Å². The van der Waals surface area contributed by atoms with E-state index in [0.717, 1.165) is 34.8 Å². The standard InChI is InChI=1S/C12H20N4S/c1-8-11(13-3)15-9(2)16-12(8)14-7-10-5-4-6-17-10/h10H,4-7H2,1-3H3,(H2,13,14,15,16). The maximum atomic E-state index is 4.47. The second kappa shape index (κ2) is 5.58. The van der Waals surface area contributed by atoms with Gasteiger partial charge in [0.1, 0.15) is 17.5 Å². The summed E-state index contributed by atoms with van der Waals surface area (Å²) in [5.74, 6) is 3.99. The van der Waals surface area contributed by atoms with E-state index in [9.17, 15) is 0 Å². The number of nitrogens with zero attached hydrogens (tertiary/aromatic N) is 2. The zero-order valence-electron chi connectivity index (χ0n) is 10.7. The molecule has 2 N–H and O–H groups in total. The Balaban J connectivity index is 2.06. The summed E-state index contributed by atoms with van der Waals surface area (Å²) in [6.07, 6.45) is 2.67. The van der Waals surface area contributed by atoms with Crippen molar-refractivity contribution in [2.45, 2.75) is 31.9 Å². The highest BCUT2D eigenvalue weighted by molar-refractivity contribution is 8.00. The monoisotopic (exact) mass is 252 g/mol. The van der Waals surface area contributed by atoms with Crippen molar-refractivity contribution < 1.29 is 0 Å². The number of rotatable bonds is 4. The number of anilines is 2. The minimum Gasteiger partial charge on any atom is -0.373 e. The number of aromatic nitrogens is 2. The largest absolute Gasteiger partial charge is 0.373 e. The summed E-state index contributed by atoms with van der Waals surface area (Å²) in [4.78, 5) is 8.84. The third kappa shape index (κ3) is 3.03. The number of aryl methyl sites for hydroxylation is 1. The van der Waals surface area contributed by atoms with Gasteiger partial charge in [0.25, 0.3) is 0 Å². The van der Waals surface area contributed by atoms with Gasteiger partial charge in [0.2, 0.25) is 0 Å². The number of hydrogen-bond acceptors (Lipinski definition) is 5. The Labute approximate surface area is 107 Å². The SMILES string of the molecule is CNc1nc(C)nc(NCC2CCCS2)c1C. The van der Waals surface area contributed by atoms with Crippen LogP contribution in [0, 0.1) is 13.8 Å². The third-order valence-electron chi connectivity index (χ3n) is 3.02. The second-order valence-electron chi connectivity index (χ2n) is 4.36. The van der Waals surface area contributed by atoms with Crippen molar-refractivity contribution in [3.8, 4) is 0 Å². The first-order valence-corrected chi connectivity index (χ1v) is 7.14. The van der Waals surface area contributed by atoms with Gasteiger partial charge in [0, 0.05) is 24.4 Å². The van der Waals surface area contributed by atoms with Crippen molar-refractivity contribution in [3.05, 3.63) is 11.4 Å². The molecular formula is C12H20N4S. The van der Waals surface area contributed by atoms with Gasteiger partial charge in [-0.15, -0.1) is 0 Å². The molecule has 1 aliphatic heterocycles. The number of hydrogen-bond donors (Lipinski definition) is 2. The Morgan fingerprint density at radius 2 is 2.06 bits per heavy atom. The summed E-state index contributed by atoms with van der Waals surface area (Å²) in [6.45, 7) is 4.98. The van der Waals surface area contributed by atoms with Gasteiger partial charge in [-0.3, -0.25) is 0 Å². The molecule has 94 valence electrons. The van der Waals surface area contributed by atoms with E-state index in [1.54, 1.807) is 0 Å². The molecule has 2 heterocycles. The van der Waals surface area contributed by atoms with E-state index in [2.05, 4.69) is 39.3 Å². The molecule has 5 heteroatoms. The van der Waals surface area contributed by atoms with Crippen LogP contribution in [0.5, 0.6) is 0 Å².